The van der Waals surface area contributed by atoms with Gasteiger partial charge in [-0.15, -0.1) is 0 Å². The standard InChI is InChI=1S/C33H37N3O6/c1-33(2,3)42-32(40)36-20-23-13-9-8-12-22(23)15-27(36)28(37)17-34-30(38)26-14-24-19-35(18-21-10-6-5-7-11-21)31(39)25(24)16-29(26)41-4/h5-14,16,27-28,37H,15,17-20H2,1-4H3,(H,34,38)/t27-,28+/m0/s1. The highest BCUT2D eigenvalue weighted by Crippen LogP contribution is 2.32. The Labute approximate surface area is 246 Å². The van der Waals surface area contributed by atoms with Crippen LogP contribution in [0.25, 0.3) is 0 Å². The van der Waals surface area contributed by atoms with Gasteiger partial charge in [0.25, 0.3) is 11.8 Å². The number of nitrogens with zero attached hydrogens (tertiary/aromatic N) is 2. The normalized spacial score (nSPS) is 16.9. The van der Waals surface area contributed by atoms with Gasteiger partial charge in [0.2, 0.25) is 0 Å². The van der Waals surface area contributed by atoms with E-state index in [2.05, 4.69) is 5.32 Å². The van der Waals surface area contributed by atoms with Crippen LogP contribution in [0.3, 0.4) is 0 Å². The van der Waals surface area contributed by atoms with Crippen LogP contribution < -0.4 is 10.1 Å². The number of carbonyl (C=O) groups excluding carboxylic acids is 3. The maximum atomic E-state index is 13.4. The lowest BCUT2D eigenvalue weighted by Gasteiger charge is -2.40. The number of fused-ring (bicyclic) bond motifs is 2. The van der Waals surface area contributed by atoms with Crippen molar-refractivity contribution in [2.24, 2.45) is 0 Å². The molecule has 2 N–H and O–H groups in total. The van der Waals surface area contributed by atoms with Crippen LogP contribution in [0.2, 0.25) is 0 Å². The second-order valence-corrected chi connectivity index (χ2v) is 11.8. The molecular weight excluding hydrogens is 534 g/mol. The molecule has 0 unspecified atom stereocenters. The van der Waals surface area contributed by atoms with Crippen molar-refractivity contribution < 1.29 is 29.0 Å². The summed E-state index contributed by atoms with van der Waals surface area (Å²) in [6.45, 7) is 6.44. The number of aliphatic hydroxyl groups excluding tert-OH is 1. The molecule has 220 valence electrons. The Bertz CT molecular complexity index is 1480. The first-order chi connectivity index (χ1) is 20.0. The zero-order valence-electron chi connectivity index (χ0n) is 24.4. The first-order valence-corrected chi connectivity index (χ1v) is 14.1. The van der Waals surface area contributed by atoms with E-state index in [0.717, 1.165) is 22.3 Å². The van der Waals surface area contributed by atoms with Gasteiger partial charge in [0.1, 0.15) is 11.4 Å². The number of carbonyl (C=O) groups is 3. The highest BCUT2D eigenvalue weighted by atomic mass is 16.6. The molecule has 0 saturated heterocycles. The molecule has 3 aromatic rings. The maximum Gasteiger partial charge on any atom is 0.410 e. The molecule has 42 heavy (non-hydrogen) atoms. The molecule has 2 atom stereocenters. The Morgan fingerprint density at radius 1 is 1.00 bits per heavy atom. The van der Waals surface area contributed by atoms with E-state index in [4.69, 9.17) is 9.47 Å². The van der Waals surface area contributed by atoms with Crippen LogP contribution in [0.15, 0.2) is 66.7 Å². The van der Waals surface area contributed by atoms with Crippen LogP contribution in [0.4, 0.5) is 4.79 Å². The quantitative estimate of drug-likeness (QED) is 0.438. The zero-order chi connectivity index (χ0) is 30.0. The average molecular weight is 572 g/mol. The molecule has 0 bridgehead atoms. The topological polar surface area (TPSA) is 108 Å². The molecule has 3 aromatic carbocycles. The van der Waals surface area contributed by atoms with Crippen LogP contribution in [0, 0.1) is 0 Å². The highest BCUT2D eigenvalue weighted by molar-refractivity contribution is 6.03. The van der Waals surface area contributed by atoms with E-state index in [9.17, 15) is 19.5 Å². The largest absolute Gasteiger partial charge is 0.496 e. The third-order valence-electron chi connectivity index (χ3n) is 7.60. The van der Waals surface area contributed by atoms with Crippen LogP contribution in [-0.4, -0.2) is 64.2 Å². The van der Waals surface area contributed by atoms with Crippen LogP contribution >= 0.6 is 0 Å². The second-order valence-electron chi connectivity index (χ2n) is 11.8. The molecule has 0 spiro atoms. The average Bonchev–Trinajstić information content (AvgIpc) is 3.27. The number of benzene rings is 3. The van der Waals surface area contributed by atoms with Gasteiger partial charge in [-0.25, -0.2) is 4.79 Å². The van der Waals surface area contributed by atoms with Gasteiger partial charge in [-0.1, -0.05) is 54.6 Å². The van der Waals surface area contributed by atoms with Gasteiger partial charge >= 0.3 is 6.09 Å². The minimum absolute atomic E-state index is 0.0930. The number of hydrogen-bond donors (Lipinski definition) is 2. The summed E-state index contributed by atoms with van der Waals surface area (Å²) in [5.41, 5.74) is 3.88. The number of ether oxygens (including phenoxy) is 2. The molecule has 2 heterocycles. The van der Waals surface area contributed by atoms with Gasteiger partial charge in [0.15, 0.2) is 0 Å². The fourth-order valence-electron chi connectivity index (χ4n) is 5.52. The summed E-state index contributed by atoms with van der Waals surface area (Å²) < 4.78 is 11.1. The lowest BCUT2D eigenvalue weighted by Crippen LogP contribution is -2.54. The first kappa shape index (κ1) is 29.1. The monoisotopic (exact) mass is 571 g/mol. The lowest BCUT2D eigenvalue weighted by molar-refractivity contribution is -0.0113. The second kappa shape index (κ2) is 11.9. The predicted molar refractivity (Wildman–Crippen MR) is 157 cm³/mol. The van der Waals surface area contributed by atoms with Crippen molar-refractivity contribution in [2.45, 2.75) is 64.6 Å². The molecule has 0 radical (unpaired) electrons. The fraction of sp³-hybridized carbons (Fsp3) is 0.364. The Morgan fingerprint density at radius 2 is 1.69 bits per heavy atom. The van der Waals surface area contributed by atoms with Crippen molar-refractivity contribution in [1.82, 2.24) is 15.1 Å². The maximum absolute atomic E-state index is 13.4. The van der Waals surface area contributed by atoms with Crippen molar-refractivity contribution in [1.29, 1.82) is 0 Å². The molecule has 0 aromatic heterocycles. The number of amides is 3. The molecule has 0 aliphatic carbocycles. The molecule has 0 saturated carbocycles. The van der Waals surface area contributed by atoms with Gasteiger partial charge in [-0.2, -0.15) is 0 Å². The molecule has 2 aliphatic heterocycles. The zero-order valence-corrected chi connectivity index (χ0v) is 24.4. The van der Waals surface area contributed by atoms with Crippen LogP contribution in [0.5, 0.6) is 5.75 Å². The molecule has 9 heteroatoms. The molecular formula is C33H37N3O6. The fourth-order valence-corrected chi connectivity index (χ4v) is 5.52. The van der Waals surface area contributed by atoms with E-state index in [1.165, 1.54) is 12.0 Å². The predicted octanol–water partition coefficient (Wildman–Crippen LogP) is 4.30. The van der Waals surface area contributed by atoms with Gasteiger partial charge in [0, 0.05) is 31.7 Å². The van der Waals surface area contributed by atoms with E-state index in [-0.39, 0.29) is 23.8 Å². The van der Waals surface area contributed by atoms with E-state index >= 15 is 0 Å². The molecule has 5 rings (SSSR count). The summed E-state index contributed by atoms with van der Waals surface area (Å²) in [6.07, 6.45) is -1.15. The summed E-state index contributed by atoms with van der Waals surface area (Å²) in [7, 11) is 1.45. The smallest absolute Gasteiger partial charge is 0.410 e. The van der Waals surface area contributed by atoms with Crippen molar-refractivity contribution in [3.8, 4) is 5.75 Å². The third kappa shape index (κ3) is 6.26. The van der Waals surface area contributed by atoms with Crippen molar-refractivity contribution in [3.63, 3.8) is 0 Å². The van der Waals surface area contributed by atoms with Gasteiger partial charge in [-0.3, -0.25) is 14.5 Å². The minimum atomic E-state index is -1.06. The van der Waals surface area contributed by atoms with Crippen molar-refractivity contribution >= 4 is 17.9 Å². The summed E-state index contributed by atoms with van der Waals surface area (Å²) in [5, 5.41) is 14.1. The highest BCUT2D eigenvalue weighted by Gasteiger charge is 2.37. The Hall–Kier alpha value is -4.37. The Kier molecular flexibility index (Phi) is 8.22. The van der Waals surface area contributed by atoms with Crippen molar-refractivity contribution in [2.75, 3.05) is 13.7 Å². The molecule has 9 nitrogen and oxygen atoms in total. The van der Waals surface area contributed by atoms with E-state index in [0.29, 0.717) is 31.6 Å². The van der Waals surface area contributed by atoms with Gasteiger partial charge < -0.3 is 24.8 Å². The number of methoxy groups -OCH3 is 1. The number of hydrogen-bond acceptors (Lipinski definition) is 6. The molecule has 3 amide bonds. The van der Waals surface area contributed by atoms with Gasteiger partial charge in [-0.05, 0) is 61.6 Å². The number of rotatable bonds is 7. The first-order valence-electron chi connectivity index (χ1n) is 14.1. The molecule has 0 fully saturated rings. The number of aliphatic hydroxyl groups is 1. The van der Waals surface area contributed by atoms with Crippen molar-refractivity contribution in [3.05, 3.63) is 100 Å². The number of nitrogens with one attached hydrogen (secondary N) is 1. The molecule has 2 aliphatic rings. The third-order valence-corrected chi connectivity index (χ3v) is 7.60. The van der Waals surface area contributed by atoms with Crippen LogP contribution in [-0.2, 0) is 30.8 Å². The van der Waals surface area contributed by atoms with Gasteiger partial charge in [0.05, 0.1) is 24.8 Å². The SMILES string of the molecule is COc1cc2c(cc1C(=O)NC[C@@H](O)[C@@H]1Cc3ccccc3CN1C(=O)OC(C)(C)C)CN(Cc1ccccc1)C2=O. The van der Waals surface area contributed by atoms with E-state index in [1.54, 1.807) is 37.8 Å². The van der Waals surface area contributed by atoms with E-state index in [1.807, 2.05) is 54.6 Å². The van der Waals surface area contributed by atoms with E-state index < -0.39 is 29.7 Å². The summed E-state index contributed by atoms with van der Waals surface area (Å²) >= 11 is 0. The Balaban J connectivity index is 1.30. The lowest BCUT2D eigenvalue weighted by atomic mass is 9.91. The Morgan fingerprint density at radius 3 is 2.38 bits per heavy atom. The summed E-state index contributed by atoms with van der Waals surface area (Å²) in [6, 6.07) is 20.2. The minimum Gasteiger partial charge on any atom is -0.496 e. The summed E-state index contributed by atoms with van der Waals surface area (Å²) in [5.74, 6) is -0.283. The van der Waals surface area contributed by atoms with Crippen LogP contribution in [0.1, 0.15) is 63.7 Å². The summed E-state index contributed by atoms with van der Waals surface area (Å²) in [4.78, 5) is 42.8.